The lowest BCUT2D eigenvalue weighted by Gasteiger charge is -2.36. The molecule has 1 aliphatic rings. The lowest BCUT2D eigenvalue weighted by molar-refractivity contribution is 0.136. The van der Waals surface area contributed by atoms with Crippen LogP contribution in [0, 0.1) is 5.92 Å². The second kappa shape index (κ2) is 7.73. The molecule has 1 saturated heterocycles. The van der Waals surface area contributed by atoms with E-state index in [0.717, 1.165) is 18.4 Å². The first-order valence-corrected chi connectivity index (χ1v) is 7.55. The topological polar surface area (TPSA) is 22.1 Å². The molecule has 1 fully saturated rings. The van der Waals surface area contributed by atoms with Crippen molar-refractivity contribution in [2.24, 2.45) is 10.9 Å². The molecule has 4 heteroatoms. The number of likely N-dealkylation sites (tertiary alicyclic amines) is 1. The van der Waals surface area contributed by atoms with Gasteiger partial charge in [0.1, 0.15) is 0 Å². The Labute approximate surface area is 119 Å². The highest BCUT2D eigenvalue weighted by Gasteiger charge is 2.22. The van der Waals surface area contributed by atoms with Gasteiger partial charge in [-0.25, -0.2) is 0 Å². The summed E-state index contributed by atoms with van der Waals surface area (Å²) >= 11 is 0. The SMILES string of the molecule is CC(C)CN1CCCCC1CN=C(N(C)C)N(C)C. The standard InChI is InChI=1S/C15H32N4/c1-13(2)12-19-10-8-7-9-14(19)11-16-15(17(3)4)18(5)6/h13-14H,7-12H2,1-6H3. The van der Waals surface area contributed by atoms with Gasteiger partial charge in [0.05, 0.1) is 6.54 Å². The molecule has 0 radical (unpaired) electrons. The average molecular weight is 268 g/mol. The molecule has 0 aromatic rings. The van der Waals surface area contributed by atoms with E-state index in [1.54, 1.807) is 0 Å². The van der Waals surface area contributed by atoms with Crippen LogP contribution in [0.1, 0.15) is 33.1 Å². The first-order chi connectivity index (χ1) is 8.91. The van der Waals surface area contributed by atoms with Gasteiger partial charge in [0, 0.05) is 40.8 Å². The van der Waals surface area contributed by atoms with Gasteiger partial charge in [-0.05, 0) is 25.3 Å². The fourth-order valence-corrected chi connectivity index (χ4v) is 2.85. The molecule has 4 nitrogen and oxygen atoms in total. The van der Waals surface area contributed by atoms with Gasteiger partial charge in [0.15, 0.2) is 5.96 Å². The van der Waals surface area contributed by atoms with E-state index < -0.39 is 0 Å². The van der Waals surface area contributed by atoms with Crippen LogP contribution in [0.3, 0.4) is 0 Å². The number of hydrogen-bond donors (Lipinski definition) is 0. The van der Waals surface area contributed by atoms with Crippen molar-refractivity contribution in [3.05, 3.63) is 0 Å². The summed E-state index contributed by atoms with van der Waals surface area (Å²) in [5.74, 6) is 1.81. The number of nitrogens with zero attached hydrogens (tertiary/aromatic N) is 4. The van der Waals surface area contributed by atoms with Crippen molar-refractivity contribution in [1.82, 2.24) is 14.7 Å². The zero-order valence-corrected chi connectivity index (χ0v) is 13.7. The van der Waals surface area contributed by atoms with Crippen molar-refractivity contribution >= 4 is 5.96 Å². The number of aliphatic imine (C=N–C) groups is 1. The molecule has 0 N–H and O–H groups in total. The Morgan fingerprint density at radius 2 is 1.79 bits per heavy atom. The fourth-order valence-electron chi connectivity index (χ4n) is 2.85. The van der Waals surface area contributed by atoms with Crippen molar-refractivity contribution in [3.63, 3.8) is 0 Å². The van der Waals surface area contributed by atoms with Crippen LogP contribution in [0.15, 0.2) is 4.99 Å². The quantitative estimate of drug-likeness (QED) is 0.575. The summed E-state index contributed by atoms with van der Waals surface area (Å²) in [6.07, 6.45) is 4.00. The summed E-state index contributed by atoms with van der Waals surface area (Å²) in [7, 11) is 8.24. The molecule has 0 bridgehead atoms. The Kier molecular flexibility index (Phi) is 6.63. The molecule has 0 amide bonds. The van der Waals surface area contributed by atoms with E-state index in [1.807, 2.05) is 0 Å². The van der Waals surface area contributed by atoms with E-state index >= 15 is 0 Å². The molecular formula is C15H32N4. The van der Waals surface area contributed by atoms with Crippen LogP contribution in [0.2, 0.25) is 0 Å². The number of guanidine groups is 1. The van der Waals surface area contributed by atoms with Crippen molar-refractivity contribution in [2.45, 2.75) is 39.2 Å². The van der Waals surface area contributed by atoms with Crippen LogP contribution >= 0.6 is 0 Å². The lowest BCUT2D eigenvalue weighted by atomic mass is 10.0. The molecule has 0 saturated carbocycles. The Hall–Kier alpha value is -0.770. The summed E-state index contributed by atoms with van der Waals surface area (Å²) in [4.78, 5) is 11.7. The van der Waals surface area contributed by atoms with Gasteiger partial charge in [-0.2, -0.15) is 0 Å². The maximum absolute atomic E-state index is 4.83. The van der Waals surface area contributed by atoms with Crippen molar-refractivity contribution in [3.8, 4) is 0 Å². The Morgan fingerprint density at radius 1 is 1.16 bits per heavy atom. The molecule has 1 unspecified atom stereocenters. The zero-order valence-electron chi connectivity index (χ0n) is 13.7. The largest absolute Gasteiger partial charge is 0.349 e. The third kappa shape index (κ3) is 5.39. The normalized spacial score (nSPS) is 20.5. The third-order valence-electron chi connectivity index (χ3n) is 3.59. The molecule has 19 heavy (non-hydrogen) atoms. The minimum Gasteiger partial charge on any atom is -0.349 e. The van der Waals surface area contributed by atoms with Gasteiger partial charge in [-0.15, -0.1) is 0 Å². The van der Waals surface area contributed by atoms with Gasteiger partial charge in [-0.3, -0.25) is 9.89 Å². The van der Waals surface area contributed by atoms with Crippen LogP contribution in [0.5, 0.6) is 0 Å². The molecular weight excluding hydrogens is 236 g/mol. The van der Waals surface area contributed by atoms with Gasteiger partial charge in [0.25, 0.3) is 0 Å². The van der Waals surface area contributed by atoms with Crippen molar-refractivity contribution < 1.29 is 0 Å². The first kappa shape index (κ1) is 16.3. The summed E-state index contributed by atoms with van der Waals surface area (Å²) in [5.41, 5.74) is 0. The molecule has 112 valence electrons. The highest BCUT2D eigenvalue weighted by atomic mass is 15.3. The second-order valence-corrected chi connectivity index (χ2v) is 6.47. The lowest BCUT2D eigenvalue weighted by Crippen LogP contribution is -2.44. The Bertz CT molecular complexity index is 274. The van der Waals surface area contributed by atoms with Gasteiger partial charge < -0.3 is 9.80 Å². The van der Waals surface area contributed by atoms with Crippen LogP contribution in [0.25, 0.3) is 0 Å². The van der Waals surface area contributed by atoms with E-state index in [4.69, 9.17) is 4.99 Å². The van der Waals surface area contributed by atoms with Gasteiger partial charge in [-0.1, -0.05) is 20.3 Å². The van der Waals surface area contributed by atoms with E-state index in [2.05, 4.69) is 56.7 Å². The number of rotatable bonds is 4. The monoisotopic (exact) mass is 268 g/mol. The summed E-state index contributed by atoms with van der Waals surface area (Å²) in [5, 5.41) is 0. The molecule has 1 heterocycles. The molecule has 1 rings (SSSR count). The smallest absolute Gasteiger partial charge is 0.195 e. The van der Waals surface area contributed by atoms with E-state index in [1.165, 1.54) is 32.4 Å². The van der Waals surface area contributed by atoms with Crippen LogP contribution < -0.4 is 0 Å². The molecule has 0 spiro atoms. The maximum Gasteiger partial charge on any atom is 0.195 e. The summed E-state index contributed by atoms with van der Waals surface area (Å²) < 4.78 is 0. The Morgan fingerprint density at radius 3 is 2.32 bits per heavy atom. The zero-order chi connectivity index (χ0) is 14.4. The molecule has 0 aromatic carbocycles. The highest BCUT2D eigenvalue weighted by molar-refractivity contribution is 5.79. The number of hydrogen-bond acceptors (Lipinski definition) is 2. The van der Waals surface area contributed by atoms with Crippen LogP contribution in [-0.2, 0) is 0 Å². The van der Waals surface area contributed by atoms with E-state index in [9.17, 15) is 0 Å². The third-order valence-corrected chi connectivity index (χ3v) is 3.59. The molecule has 1 aliphatic heterocycles. The second-order valence-electron chi connectivity index (χ2n) is 6.47. The molecule has 1 atom stereocenters. The number of piperidine rings is 1. The van der Waals surface area contributed by atoms with E-state index in [-0.39, 0.29) is 0 Å². The highest BCUT2D eigenvalue weighted by Crippen LogP contribution is 2.18. The first-order valence-electron chi connectivity index (χ1n) is 7.55. The predicted octanol–water partition coefficient (Wildman–Crippen LogP) is 1.98. The molecule has 0 aliphatic carbocycles. The van der Waals surface area contributed by atoms with E-state index in [0.29, 0.717) is 6.04 Å². The van der Waals surface area contributed by atoms with Crippen molar-refractivity contribution in [2.75, 3.05) is 47.8 Å². The predicted molar refractivity (Wildman–Crippen MR) is 83.7 cm³/mol. The van der Waals surface area contributed by atoms with Gasteiger partial charge >= 0.3 is 0 Å². The van der Waals surface area contributed by atoms with Gasteiger partial charge in [0.2, 0.25) is 0 Å². The summed E-state index contributed by atoms with van der Waals surface area (Å²) in [6, 6.07) is 0.631. The minimum absolute atomic E-state index is 0.631. The molecule has 0 aromatic heterocycles. The summed E-state index contributed by atoms with van der Waals surface area (Å²) in [6.45, 7) is 8.00. The van der Waals surface area contributed by atoms with Crippen LogP contribution in [0.4, 0.5) is 0 Å². The van der Waals surface area contributed by atoms with Crippen molar-refractivity contribution in [1.29, 1.82) is 0 Å². The fraction of sp³-hybridized carbons (Fsp3) is 0.933. The maximum atomic E-state index is 4.83. The van der Waals surface area contributed by atoms with Crippen LogP contribution in [-0.4, -0.2) is 74.5 Å². The Balaban J connectivity index is 2.63. The minimum atomic E-state index is 0.631. The average Bonchev–Trinajstić information content (AvgIpc) is 2.29.